The highest BCUT2D eigenvalue weighted by Crippen LogP contribution is 2.42. The first-order valence-electron chi connectivity index (χ1n) is 16.8. The van der Waals surface area contributed by atoms with Crippen LogP contribution in [0.3, 0.4) is 0 Å². The lowest BCUT2D eigenvalue weighted by atomic mass is 9.84. The Morgan fingerprint density at radius 3 is 2.47 bits per heavy atom. The average Bonchev–Trinajstić information content (AvgIpc) is 3.51. The molecular weight excluding hydrogens is 645 g/mol. The number of ether oxygens (including phenoxy) is 2. The first kappa shape index (κ1) is 34.6. The van der Waals surface area contributed by atoms with Crippen molar-refractivity contribution in [3.63, 3.8) is 0 Å². The number of rotatable bonds is 10. The lowest BCUT2D eigenvalue weighted by Gasteiger charge is -2.38. The molecule has 0 bridgehead atoms. The molecule has 7 rings (SSSR count). The number of Topliss-reactive ketones (excluding diaryl/α,β-unsaturated/α-hetero) is 1. The number of carbonyl (C=O) groups is 2. The Hall–Kier alpha value is -4.28. The average molecular weight is 686 g/mol. The smallest absolute Gasteiger partial charge is 0.229 e. The van der Waals surface area contributed by atoms with Crippen molar-refractivity contribution in [3.8, 4) is 11.5 Å². The van der Waals surface area contributed by atoms with Crippen LogP contribution in [0.4, 0.5) is 10.1 Å². The van der Waals surface area contributed by atoms with E-state index < -0.39 is 5.60 Å². The molecule has 3 heterocycles. The maximum absolute atomic E-state index is 12.9. The molecule has 0 unspecified atom stereocenters. The van der Waals surface area contributed by atoms with Crippen LogP contribution in [0.25, 0.3) is 0 Å². The number of halogens is 2. The third-order valence-electron chi connectivity index (χ3n) is 9.20. The second-order valence-corrected chi connectivity index (χ2v) is 13.2. The molecule has 4 aromatic carbocycles. The van der Waals surface area contributed by atoms with Gasteiger partial charge < -0.3 is 30.1 Å². The van der Waals surface area contributed by atoms with Crippen LogP contribution in [0, 0.1) is 5.82 Å². The summed E-state index contributed by atoms with van der Waals surface area (Å²) in [5.41, 5.74) is 3.64. The van der Waals surface area contributed by atoms with E-state index in [1.54, 1.807) is 0 Å². The number of piperidine rings is 1. The topological polar surface area (TPSA) is 100 Å². The van der Waals surface area contributed by atoms with Gasteiger partial charge in [0.25, 0.3) is 0 Å². The van der Waals surface area contributed by atoms with Crippen molar-refractivity contribution in [2.45, 2.75) is 50.4 Å². The highest BCUT2D eigenvalue weighted by molar-refractivity contribution is 6.30. The van der Waals surface area contributed by atoms with Crippen LogP contribution in [0.15, 0.2) is 91.0 Å². The SMILES string of the molecule is O=C(CCCN1CCC(O)(c2ccc(Cl)cc2)CC1)c1ccc(F)cc1.O=C1Cc2c(ccc3c2O[C@@H](CNCc2ccccc2)CO3)N1. The molecule has 4 aromatic rings. The third-order valence-corrected chi connectivity index (χ3v) is 9.45. The molecule has 3 N–H and O–H groups in total. The zero-order valence-electron chi connectivity index (χ0n) is 27.3. The number of nitrogens with zero attached hydrogens (tertiary/aromatic N) is 1. The first-order valence-corrected chi connectivity index (χ1v) is 17.1. The fraction of sp³-hybridized carbons (Fsp3) is 0.333. The summed E-state index contributed by atoms with van der Waals surface area (Å²) >= 11 is 5.92. The fourth-order valence-corrected chi connectivity index (χ4v) is 6.52. The molecule has 0 aromatic heterocycles. The summed E-state index contributed by atoms with van der Waals surface area (Å²) in [5.74, 6) is 1.14. The summed E-state index contributed by atoms with van der Waals surface area (Å²) in [6.07, 6.45) is 2.83. The van der Waals surface area contributed by atoms with Crippen LogP contribution in [-0.4, -0.2) is 60.6 Å². The number of benzene rings is 4. The van der Waals surface area contributed by atoms with Gasteiger partial charge in [0.1, 0.15) is 18.5 Å². The molecule has 10 heteroatoms. The number of likely N-dealkylation sites (tertiary alicyclic amines) is 1. The number of fused-ring (bicyclic) bond motifs is 3. The van der Waals surface area contributed by atoms with Gasteiger partial charge in [-0.2, -0.15) is 0 Å². The monoisotopic (exact) mass is 685 g/mol. The van der Waals surface area contributed by atoms with E-state index in [0.29, 0.717) is 55.2 Å². The van der Waals surface area contributed by atoms with Crippen LogP contribution >= 0.6 is 11.6 Å². The second-order valence-electron chi connectivity index (χ2n) is 12.7. The molecule has 0 saturated carbocycles. The van der Waals surface area contributed by atoms with Gasteiger partial charge in [-0.15, -0.1) is 0 Å². The van der Waals surface area contributed by atoms with Gasteiger partial charge in [-0.1, -0.05) is 54.1 Å². The van der Waals surface area contributed by atoms with E-state index in [9.17, 15) is 19.1 Å². The summed E-state index contributed by atoms with van der Waals surface area (Å²) in [5, 5.41) is 17.8. The number of amides is 1. The Balaban J connectivity index is 0.000000171. The zero-order valence-corrected chi connectivity index (χ0v) is 28.1. The van der Waals surface area contributed by atoms with Crippen LogP contribution in [0.5, 0.6) is 11.5 Å². The largest absolute Gasteiger partial charge is 0.486 e. The van der Waals surface area contributed by atoms with Gasteiger partial charge in [-0.25, -0.2) is 4.39 Å². The first-order chi connectivity index (χ1) is 23.8. The lowest BCUT2D eigenvalue weighted by Crippen LogP contribution is -2.42. The van der Waals surface area contributed by atoms with Gasteiger partial charge in [-0.3, -0.25) is 9.59 Å². The summed E-state index contributed by atoms with van der Waals surface area (Å²) in [4.78, 5) is 26.0. The molecule has 0 radical (unpaired) electrons. The van der Waals surface area contributed by atoms with Crippen LogP contribution in [0.1, 0.15) is 52.7 Å². The minimum absolute atomic E-state index is 0.00123. The van der Waals surface area contributed by atoms with Crippen molar-refractivity contribution in [1.29, 1.82) is 0 Å². The maximum atomic E-state index is 12.9. The van der Waals surface area contributed by atoms with Gasteiger partial charge >= 0.3 is 0 Å². The lowest BCUT2D eigenvalue weighted by molar-refractivity contribution is -0.115. The Labute approximate surface area is 291 Å². The Morgan fingerprint density at radius 2 is 1.73 bits per heavy atom. The van der Waals surface area contributed by atoms with E-state index in [1.807, 2.05) is 54.6 Å². The highest BCUT2D eigenvalue weighted by Gasteiger charge is 2.34. The standard InChI is InChI=1S/C21H23ClFNO2.C18H18N2O3/c22-18-7-5-17(6-8-18)21(26)11-14-24(15-12-21)13-1-2-20(25)16-3-9-19(23)10-4-16;21-17-8-14-15(20-17)6-7-16-18(14)23-13(11-22-16)10-19-9-12-4-2-1-3-5-12/h3-10,26H,1-2,11-15H2;1-7,13,19H,8-11H2,(H,20,21)/t;13-/m.0/s1. The molecule has 256 valence electrons. The molecule has 3 aliphatic rings. The van der Waals surface area contributed by atoms with Gasteiger partial charge in [0.2, 0.25) is 5.91 Å². The molecule has 49 heavy (non-hydrogen) atoms. The number of hydrogen-bond donors (Lipinski definition) is 3. The van der Waals surface area contributed by atoms with E-state index in [0.717, 1.165) is 55.2 Å². The molecule has 1 atom stereocenters. The minimum atomic E-state index is -0.801. The van der Waals surface area contributed by atoms with Crippen molar-refractivity contribution < 1.29 is 28.6 Å². The molecule has 1 amide bonds. The van der Waals surface area contributed by atoms with Gasteiger partial charge in [0.05, 0.1) is 12.0 Å². The van der Waals surface area contributed by atoms with Crippen LogP contribution < -0.4 is 20.1 Å². The fourth-order valence-electron chi connectivity index (χ4n) is 6.39. The maximum Gasteiger partial charge on any atom is 0.229 e. The Bertz CT molecular complexity index is 1730. The second kappa shape index (κ2) is 16.0. The van der Waals surface area contributed by atoms with E-state index in [-0.39, 0.29) is 23.6 Å². The predicted molar refractivity (Wildman–Crippen MR) is 188 cm³/mol. The van der Waals surface area contributed by atoms with E-state index >= 15 is 0 Å². The summed E-state index contributed by atoms with van der Waals surface area (Å²) in [7, 11) is 0. The molecule has 1 saturated heterocycles. The van der Waals surface area contributed by atoms with E-state index in [4.69, 9.17) is 21.1 Å². The molecule has 0 aliphatic carbocycles. The molecule has 3 aliphatic heterocycles. The summed E-state index contributed by atoms with van der Waals surface area (Å²) in [6, 6.07) is 27.1. The number of nitrogens with one attached hydrogen (secondary N) is 2. The normalized spacial score (nSPS) is 17.8. The molecule has 0 spiro atoms. The quantitative estimate of drug-likeness (QED) is 0.163. The van der Waals surface area contributed by atoms with Crippen LogP contribution in [0.2, 0.25) is 5.02 Å². The molecule has 1 fully saturated rings. The number of aliphatic hydroxyl groups is 1. The van der Waals surface area contributed by atoms with Crippen molar-refractivity contribution >= 4 is 29.0 Å². The zero-order chi connectivity index (χ0) is 34.2. The molecular formula is C39H41ClFN3O5. The number of anilines is 1. The third kappa shape index (κ3) is 9.05. The Morgan fingerprint density at radius 1 is 1.00 bits per heavy atom. The number of hydrogen-bond acceptors (Lipinski definition) is 7. The molecule has 8 nitrogen and oxygen atoms in total. The van der Waals surface area contributed by atoms with Crippen molar-refractivity contribution in [1.82, 2.24) is 10.2 Å². The highest BCUT2D eigenvalue weighted by atomic mass is 35.5. The number of carbonyl (C=O) groups excluding carboxylic acids is 2. The summed E-state index contributed by atoms with van der Waals surface area (Å²) < 4.78 is 24.8. The van der Waals surface area contributed by atoms with Crippen molar-refractivity contribution in [2.24, 2.45) is 0 Å². The number of ketones is 1. The predicted octanol–water partition coefficient (Wildman–Crippen LogP) is 6.54. The van der Waals surface area contributed by atoms with Crippen LogP contribution in [-0.2, 0) is 23.4 Å². The van der Waals surface area contributed by atoms with E-state index in [2.05, 4.69) is 27.7 Å². The Kier molecular flexibility index (Phi) is 11.3. The van der Waals surface area contributed by atoms with Crippen molar-refractivity contribution in [2.75, 3.05) is 38.1 Å². The minimum Gasteiger partial charge on any atom is -0.486 e. The van der Waals surface area contributed by atoms with Crippen molar-refractivity contribution in [3.05, 3.63) is 124 Å². The van der Waals surface area contributed by atoms with E-state index in [1.165, 1.54) is 29.8 Å². The van der Waals surface area contributed by atoms with Gasteiger partial charge in [-0.05, 0) is 85.5 Å². The van der Waals surface area contributed by atoms with Gasteiger partial charge in [0.15, 0.2) is 17.3 Å². The summed E-state index contributed by atoms with van der Waals surface area (Å²) in [6.45, 7) is 4.41. The van der Waals surface area contributed by atoms with Gasteiger partial charge in [0, 0.05) is 54.4 Å².